The fourth-order valence-electron chi connectivity index (χ4n) is 8.01. The summed E-state index contributed by atoms with van der Waals surface area (Å²) in [6, 6.07) is 29.4. The van der Waals surface area contributed by atoms with Gasteiger partial charge in [0.25, 0.3) is 11.5 Å². The molecule has 242 valence electrons. The van der Waals surface area contributed by atoms with Crippen LogP contribution < -0.4 is 20.4 Å². The van der Waals surface area contributed by atoms with Crippen LogP contribution in [0.1, 0.15) is 24.5 Å². The maximum absolute atomic E-state index is 14.9. The second-order valence-electron chi connectivity index (χ2n) is 13.2. The number of carbonyl (C=O) groups is 1. The first-order valence-electron chi connectivity index (χ1n) is 15.9. The highest BCUT2D eigenvalue weighted by Crippen LogP contribution is 2.60. The lowest BCUT2D eigenvalue weighted by atomic mass is 9.82. The number of benzene rings is 4. The van der Waals surface area contributed by atoms with E-state index in [1.54, 1.807) is 11.8 Å². The fourth-order valence-corrected chi connectivity index (χ4v) is 12.4. The van der Waals surface area contributed by atoms with Crippen LogP contribution in [0.25, 0.3) is 16.6 Å². The van der Waals surface area contributed by atoms with E-state index < -0.39 is 13.7 Å². The Morgan fingerprint density at radius 2 is 1.72 bits per heavy atom. The van der Waals surface area contributed by atoms with Crippen LogP contribution in [0.5, 0.6) is 5.75 Å². The number of carbonyl (C=O) groups excluding carboxylic acids is 1. The van der Waals surface area contributed by atoms with Gasteiger partial charge in [-0.3, -0.25) is 14.7 Å². The number of hydrogen-bond acceptors (Lipinski definition) is 5. The van der Waals surface area contributed by atoms with Gasteiger partial charge in [0.15, 0.2) is 5.60 Å². The third-order valence-electron chi connectivity index (χ3n) is 10.3. The first-order chi connectivity index (χ1) is 22.6. The van der Waals surface area contributed by atoms with E-state index in [0.29, 0.717) is 18.4 Å². The second-order valence-corrected chi connectivity index (χ2v) is 18.8. The molecule has 1 aromatic heterocycles. The molecule has 7 rings (SSSR count). The van der Waals surface area contributed by atoms with Gasteiger partial charge in [-0.05, 0) is 72.1 Å². The molecule has 8 nitrogen and oxygen atoms in total. The van der Waals surface area contributed by atoms with Crippen molar-refractivity contribution in [3.05, 3.63) is 117 Å². The van der Waals surface area contributed by atoms with Gasteiger partial charge >= 0.3 is 0 Å². The number of hydrogen-bond donors (Lipinski definition) is 2. The zero-order chi connectivity index (χ0) is 33.1. The van der Waals surface area contributed by atoms with Crippen LogP contribution in [0.4, 0.5) is 5.69 Å². The Morgan fingerprint density at radius 3 is 2.40 bits per heavy atom. The molecule has 0 saturated carbocycles. The van der Waals surface area contributed by atoms with Crippen LogP contribution in [0.2, 0.25) is 18.6 Å². The van der Waals surface area contributed by atoms with Crippen molar-refractivity contribution >= 4 is 51.7 Å². The van der Waals surface area contributed by atoms with Gasteiger partial charge in [0, 0.05) is 22.6 Å². The molecule has 2 N–H and O–H groups in total. The molecule has 0 radical (unpaired) electrons. The number of methoxy groups -OCH3 is 1. The molecule has 2 aliphatic heterocycles. The molecule has 1 saturated heterocycles. The van der Waals surface area contributed by atoms with Gasteiger partial charge in [0.1, 0.15) is 5.75 Å². The predicted octanol–water partition coefficient (Wildman–Crippen LogP) is 6.24. The predicted molar refractivity (Wildman–Crippen MR) is 191 cm³/mol. The van der Waals surface area contributed by atoms with Crippen molar-refractivity contribution in [3.63, 3.8) is 0 Å². The number of amides is 1. The number of aromatic nitrogens is 2. The first kappa shape index (κ1) is 31.6. The minimum atomic E-state index is -2.26. The van der Waals surface area contributed by atoms with Gasteiger partial charge in [0.2, 0.25) is 0 Å². The van der Waals surface area contributed by atoms with Crippen LogP contribution >= 0.6 is 15.9 Å². The molecule has 2 aliphatic rings. The molecular weight excluding hydrogens is 674 g/mol. The molecule has 3 heterocycles. The van der Waals surface area contributed by atoms with Crippen LogP contribution in [0.15, 0.2) is 100 Å². The average molecular weight is 713 g/mol. The summed E-state index contributed by atoms with van der Waals surface area (Å²) in [4.78, 5) is 29.7. The number of nitrogens with zero attached hydrogens (tertiary/aromatic N) is 2. The van der Waals surface area contributed by atoms with Gasteiger partial charge in [-0.2, -0.15) is 0 Å². The van der Waals surface area contributed by atoms with Crippen LogP contribution in [-0.4, -0.2) is 48.7 Å². The zero-order valence-corrected chi connectivity index (χ0v) is 29.5. The number of aliphatic hydroxyl groups is 1. The number of H-pyrrole nitrogens is 1. The molecule has 4 atom stereocenters. The Bertz CT molecular complexity index is 2020. The van der Waals surface area contributed by atoms with E-state index >= 15 is 0 Å². The maximum Gasteiger partial charge on any atom is 0.279 e. The maximum atomic E-state index is 14.9. The van der Waals surface area contributed by atoms with E-state index in [1.807, 2.05) is 83.8 Å². The van der Waals surface area contributed by atoms with Crippen molar-refractivity contribution in [2.24, 2.45) is 5.92 Å². The number of halogens is 1. The Balaban J connectivity index is 1.24. The molecule has 0 unspecified atom stereocenters. The minimum Gasteiger partial charge on any atom is -0.497 e. The lowest BCUT2D eigenvalue weighted by Gasteiger charge is -2.37. The molecule has 5 aromatic rings. The highest BCUT2D eigenvalue weighted by Gasteiger charge is 2.66. The topological polar surface area (TPSA) is 96.8 Å². The van der Waals surface area contributed by atoms with E-state index in [4.69, 9.17) is 9.47 Å². The Kier molecular flexibility index (Phi) is 8.03. The van der Waals surface area contributed by atoms with Crippen LogP contribution in [-0.2, 0) is 21.7 Å². The monoisotopic (exact) mass is 711 g/mol. The van der Waals surface area contributed by atoms with E-state index in [9.17, 15) is 14.7 Å². The summed E-state index contributed by atoms with van der Waals surface area (Å²) in [5.41, 5.74) is 2.88. The standard InChI is InChI=1S/C37H38BrN3O5Si/c1-23-34(47(3,4)28-16-14-27(45-2)15-17-28)33(19-20-42)46-37(23)30-21-25(38)11-18-32(30)40(36(37)44)22-24-9-12-26(13-10-24)41-35(43)29-7-5-6-8-31(29)39-41/h5-18,21,23,33-34,39,42H,19-20,22H2,1-4H3/t23-,33+,34-,37+/m1/s1. The first-order valence-corrected chi connectivity index (χ1v) is 19.8. The SMILES string of the molecule is COc1ccc([Si](C)(C)[C@H]2[C@H](CCO)O[C@@]3(C(=O)N(Cc4ccc(-n5[nH]c6ccccc6c5=O)cc4)c4ccc(Br)cc43)[C@@H]2C)cc1. The number of rotatable bonds is 8. The molecule has 10 heteroatoms. The Labute approximate surface area is 283 Å². The molecule has 0 bridgehead atoms. The molecule has 0 aliphatic carbocycles. The molecule has 47 heavy (non-hydrogen) atoms. The quantitative estimate of drug-likeness (QED) is 0.186. The van der Waals surface area contributed by atoms with Crippen molar-refractivity contribution in [1.82, 2.24) is 9.78 Å². The van der Waals surface area contributed by atoms with E-state index in [-0.39, 0.29) is 35.6 Å². The van der Waals surface area contributed by atoms with Gasteiger partial charge in [-0.25, -0.2) is 4.68 Å². The summed E-state index contributed by atoms with van der Waals surface area (Å²) in [7, 11) is -0.596. The van der Waals surface area contributed by atoms with E-state index in [0.717, 1.165) is 38.2 Å². The number of nitrogens with one attached hydrogen (secondary N) is 1. The smallest absolute Gasteiger partial charge is 0.279 e. The molecule has 1 spiro atoms. The molecule has 1 fully saturated rings. The van der Waals surface area contributed by atoms with Crippen LogP contribution in [0.3, 0.4) is 0 Å². The average Bonchev–Trinajstić information content (AvgIpc) is 3.65. The molecule has 1 amide bonds. The van der Waals surface area contributed by atoms with Crippen molar-refractivity contribution in [2.45, 2.75) is 50.2 Å². The molecule has 4 aromatic carbocycles. The Hall–Kier alpha value is -3.96. The summed E-state index contributed by atoms with van der Waals surface area (Å²) in [5.74, 6) is 0.572. The summed E-state index contributed by atoms with van der Waals surface area (Å²) in [6.45, 7) is 7.15. The highest BCUT2D eigenvalue weighted by atomic mass is 79.9. The summed E-state index contributed by atoms with van der Waals surface area (Å²) in [6.07, 6.45) is 0.164. The number of aromatic amines is 1. The van der Waals surface area contributed by atoms with Gasteiger partial charge in [-0.15, -0.1) is 0 Å². The van der Waals surface area contributed by atoms with Gasteiger partial charge in [0.05, 0.1) is 50.1 Å². The van der Waals surface area contributed by atoms with Crippen molar-refractivity contribution in [1.29, 1.82) is 0 Å². The van der Waals surface area contributed by atoms with Crippen molar-refractivity contribution < 1.29 is 19.4 Å². The normalized spacial score (nSPS) is 22.4. The highest BCUT2D eigenvalue weighted by molar-refractivity contribution is 9.10. The number of anilines is 1. The fraction of sp³-hybridized carbons (Fsp3) is 0.297. The van der Waals surface area contributed by atoms with Gasteiger partial charge in [-0.1, -0.05) is 77.5 Å². The number of para-hydroxylation sites is 1. The largest absolute Gasteiger partial charge is 0.497 e. The van der Waals surface area contributed by atoms with Gasteiger partial charge < -0.3 is 19.5 Å². The lowest BCUT2D eigenvalue weighted by molar-refractivity contribution is -0.146. The minimum absolute atomic E-state index is 0.0217. The third kappa shape index (κ3) is 5.00. The summed E-state index contributed by atoms with van der Waals surface area (Å²) in [5, 5.41) is 15.2. The lowest BCUT2D eigenvalue weighted by Crippen LogP contribution is -2.51. The van der Waals surface area contributed by atoms with Crippen LogP contribution in [0, 0.1) is 5.92 Å². The van der Waals surface area contributed by atoms with E-state index in [2.05, 4.69) is 53.2 Å². The number of aliphatic hydroxyl groups excluding tert-OH is 1. The third-order valence-corrected chi connectivity index (χ3v) is 15.2. The second kappa shape index (κ2) is 11.9. The Morgan fingerprint density at radius 1 is 1.00 bits per heavy atom. The van der Waals surface area contributed by atoms with E-state index in [1.165, 1.54) is 5.19 Å². The van der Waals surface area contributed by atoms with Crippen molar-refractivity contribution in [2.75, 3.05) is 18.6 Å². The number of fused-ring (bicyclic) bond motifs is 3. The summed E-state index contributed by atoms with van der Waals surface area (Å²) >= 11 is 3.66. The number of ether oxygens (including phenoxy) is 2. The summed E-state index contributed by atoms with van der Waals surface area (Å²) < 4.78 is 14.8. The zero-order valence-electron chi connectivity index (χ0n) is 26.9. The molecular formula is C37H38BrN3O5Si. The van der Waals surface area contributed by atoms with Crippen molar-refractivity contribution in [3.8, 4) is 11.4 Å².